The quantitative estimate of drug-likeness (QED) is 0.450. The summed E-state index contributed by atoms with van der Waals surface area (Å²) in [6.45, 7) is 1.98. The lowest BCUT2D eigenvalue weighted by atomic mass is 10.0. The van der Waals surface area contributed by atoms with Gasteiger partial charge in [-0.05, 0) is 29.5 Å². The topological polar surface area (TPSA) is 76.0 Å². The van der Waals surface area contributed by atoms with Crippen LogP contribution in [0.3, 0.4) is 0 Å². The van der Waals surface area contributed by atoms with Gasteiger partial charge in [-0.25, -0.2) is 0 Å². The van der Waals surface area contributed by atoms with E-state index in [1.54, 1.807) is 18.3 Å². The number of aromatic amines is 1. The molecule has 5 nitrogen and oxygen atoms in total. The summed E-state index contributed by atoms with van der Waals surface area (Å²) in [6, 6.07) is 6.67. The van der Waals surface area contributed by atoms with Crippen molar-refractivity contribution in [3.05, 3.63) is 62.0 Å². The van der Waals surface area contributed by atoms with Crippen molar-refractivity contribution in [1.82, 2.24) is 4.98 Å². The minimum Gasteiger partial charge on any atom is -0.360 e. The molecule has 6 heteroatoms. The number of nitro benzene ring substituents is 1. The Morgan fingerprint density at radius 2 is 2.19 bits per heavy atom. The summed E-state index contributed by atoms with van der Waals surface area (Å²) in [5.41, 5.74) is 1.88. The van der Waals surface area contributed by atoms with E-state index in [0.29, 0.717) is 21.3 Å². The van der Waals surface area contributed by atoms with Crippen LogP contribution >= 0.6 is 11.3 Å². The second kappa shape index (κ2) is 5.14. The molecule has 0 amide bonds. The molecule has 0 saturated carbocycles. The van der Waals surface area contributed by atoms with Crippen LogP contribution in [0.2, 0.25) is 0 Å². The summed E-state index contributed by atoms with van der Waals surface area (Å²) in [7, 11) is 0. The van der Waals surface area contributed by atoms with Crippen molar-refractivity contribution in [1.29, 1.82) is 0 Å². The molecule has 3 rings (SSSR count). The van der Waals surface area contributed by atoms with Crippen LogP contribution in [-0.4, -0.2) is 15.7 Å². The second-order valence-corrected chi connectivity index (χ2v) is 5.53. The van der Waals surface area contributed by atoms with E-state index in [1.807, 2.05) is 18.4 Å². The zero-order valence-corrected chi connectivity index (χ0v) is 12.1. The summed E-state index contributed by atoms with van der Waals surface area (Å²) in [6.07, 6.45) is 2.31. The molecule has 0 bridgehead atoms. The van der Waals surface area contributed by atoms with Gasteiger partial charge in [-0.1, -0.05) is 13.0 Å². The van der Waals surface area contributed by atoms with Crippen LogP contribution in [0.15, 0.2) is 35.8 Å². The van der Waals surface area contributed by atoms with Gasteiger partial charge in [0.25, 0.3) is 5.69 Å². The van der Waals surface area contributed by atoms with Crippen molar-refractivity contribution in [3.63, 3.8) is 0 Å². The minimum atomic E-state index is -0.456. The van der Waals surface area contributed by atoms with Crippen LogP contribution in [0, 0.1) is 10.1 Å². The van der Waals surface area contributed by atoms with E-state index in [-0.39, 0.29) is 11.5 Å². The van der Waals surface area contributed by atoms with Gasteiger partial charge in [-0.2, -0.15) is 0 Å². The fourth-order valence-corrected chi connectivity index (χ4v) is 3.38. The van der Waals surface area contributed by atoms with Gasteiger partial charge < -0.3 is 4.98 Å². The first kappa shape index (κ1) is 13.5. The van der Waals surface area contributed by atoms with Gasteiger partial charge in [0.15, 0.2) is 0 Å². The van der Waals surface area contributed by atoms with Crippen molar-refractivity contribution < 1.29 is 9.72 Å². The van der Waals surface area contributed by atoms with Gasteiger partial charge in [-0.15, -0.1) is 11.3 Å². The van der Waals surface area contributed by atoms with E-state index < -0.39 is 4.92 Å². The Hall–Kier alpha value is -2.47. The zero-order valence-electron chi connectivity index (χ0n) is 11.3. The fourth-order valence-electron chi connectivity index (χ4n) is 2.43. The highest BCUT2D eigenvalue weighted by molar-refractivity contribution is 7.12. The number of carbonyl (C=O) groups excluding carboxylic acids is 1. The normalized spacial score (nSPS) is 10.9. The number of hydrogen-bond acceptors (Lipinski definition) is 4. The van der Waals surface area contributed by atoms with E-state index >= 15 is 0 Å². The molecule has 1 aromatic carbocycles. The molecule has 106 valence electrons. The van der Waals surface area contributed by atoms with Gasteiger partial charge >= 0.3 is 0 Å². The third-order valence-electron chi connectivity index (χ3n) is 3.46. The molecule has 0 aliphatic heterocycles. The lowest BCUT2D eigenvalue weighted by Gasteiger charge is -2.01. The Kier molecular flexibility index (Phi) is 3.31. The summed E-state index contributed by atoms with van der Waals surface area (Å²) in [4.78, 5) is 27.0. The number of non-ortho nitro benzene ring substituents is 1. The van der Waals surface area contributed by atoms with E-state index in [9.17, 15) is 14.9 Å². The van der Waals surface area contributed by atoms with Crippen LogP contribution in [0.5, 0.6) is 0 Å². The van der Waals surface area contributed by atoms with Gasteiger partial charge in [0.1, 0.15) is 0 Å². The standard InChI is InChI=1S/C15H12N2O3S/c1-2-9-6-7-21-15(9)14(18)10-8-16-11-4-3-5-12(13(10)11)17(19)20/h3-8,16H,2H2,1H3. The maximum atomic E-state index is 12.7. The van der Waals surface area contributed by atoms with Crippen LogP contribution in [-0.2, 0) is 6.42 Å². The largest absolute Gasteiger partial charge is 0.360 e. The van der Waals surface area contributed by atoms with Gasteiger partial charge in [0.2, 0.25) is 5.78 Å². The predicted molar refractivity (Wildman–Crippen MR) is 82.1 cm³/mol. The molecule has 0 spiro atoms. The first-order chi connectivity index (χ1) is 10.1. The number of carbonyl (C=O) groups is 1. The number of fused-ring (bicyclic) bond motifs is 1. The van der Waals surface area contributed by atoms with Crippen molar-refractivity contribution in [2.24, 2.45) is 0 Å². The number of aryl methyl sites for hydroxylation is 1. The highest BCUT2D eigenvalue weighted by Crippen LogP contribution is 2.31. The summed E-state index contributed by atoms with van der Waals surface area (Å²) >= 11 is 1.37. The van der Waals surface area contributed by atoms with Crippen LogP contribution in [0.25, 0.3) is 10.9 Å². The fraction of sp³-hybridized carbons (Fsp3) is 0.133. The molecule has 0 atom stereocenters. The number of hydrogen-bond donors (Lipinski definition) is 1. The van der Waals surface area contributed by atoms with Crippen LogP contribution in [0.4, 0.5) is 5.69 Å². The smallest absolute Gasteiger partial charge is 0.279 e. The number of H-pyrrole nitrogens is 1. The molecule has 3 aromatic rings. The lowest BCUT2D eigenvalue weighted by molar-refractivity contribution is -0.383. The molecule has 0 unspecified atom stereocenters. The first-order valence-corrected chi connectivity index (χ1v) is 7.37. The SMILES string of the molecule is CCc1ccsc1C(=O)c1c[nH]c2cccc([N+](=O)[O-])c12. The Balaban J connectivity index is 2.21. The predicted octanol–water partition coefficient (Wildman–Crippen LogP) is 3.93. The van der Waals surface area contributed by atoms with E-state index in [1.165, 1.54) is 17.4 Å². The van der Waals surface area contributed by atoms with Crippen LogP contribution < -0.4 is 0 Å². The van der Waals surface area contributed by atoms with Gasteiger partial charge in [-0.3, -0.25) is 14.9 Å². The van der Waals surface area contributed by atoms with Crippen molar-refractivity contribution in [2.75, 3.05) is 0 Å². The Morgan fingerprint density at radius 1 is 1.38 bits per heavy atom. The second-order valence-electron chi connectivity index (χ2n) is 4.62. The molecule has 0 aliphatic carbocycles. The zero-order chi connectivity index (χ0) is 15.0. The summed E-state index contributed by atoms with van der Waals surface area (Å²) < 4.78 is 0. The maximum absolute atomic E-state index is 12.7. The number of nitrogens with one attached hydrogen (secondary N) is 1. The molecule has 21 heavy (non-hydrogen) atoms. The monoisotopic (exact) mass is 300 g/mol. The number of thiophene rings is 1. The van der Waals surface area contributed by atoms with E-state index in [0.717, 1.165) is 12.0 Å². The highest BCUT2D eigenvalue weighted by Gasteiger charge is 2.23. The molecule has 0 fully saturated rings. The molecule has 0 radical (unpaired) electrons. The number of nitrogens with zero attached hydrogens (tertiary/aromatic N) is 1. The highest BCUT2D eigenvalue weighted by atomic mass is 32.1. The molecule has 2 heterocycles. The number of nitro groups is 1. The number of ketones is 1. The molecular formula is C15H12N2O3S. The Morgan fingerprint density at radius 3 is 2.90 bits per heavy atom. The van der Waals surface area contributed by atoms with Crippen molar-refractivity contribution >= 4 is 33.7 Å². The Labute approximate surface area is 124 Å². The minimum absolute atomic E-state index is 0.0493. The summed E-state index contributed by atoms with van der Waals surface area (Å²) in [5.74, 6) is -0.164. The van der Waals surface area contributed by atoms with Gasteiger partial charge in [0.05, 0.1) is 26.3 Å². The molecular weight excluding hydrogens is 288 g/mol. The van der Waals surface area contributed by atoms with E-state index in [2.05, 4.69) is 4.98 Å². The molecule has 1 N–H and O–H groups in total. The number of aromatic nitrogens is 1. The summed E-state index contributed by atoms with van der Waals surface area (Å²) in [5, 5.41) is 13.4. The Bertz CT molecular complexity index is 848. The maximum Gasteiger partial charge on any atom is 0.279 e. The molecule has 0 aliphatic rings. The average molecular weight is 300 g/mol. The van der Waals surface area contributed by atoms with Crippen molar-refractivity contribution in [2.45, 2.75) is 13.3 Å². The number of rotatable bonds is 4. The average Bonchev–Trinajstić information content (AvgIpc) is 3.12. The third kappa shape index (κ3) is 2.13. The number of benzene rings is 1. The molecule has 2 aromatic heterocycles. The lowest BCUT2D eigenvalue weighted by Crippen LogP contribution is -2.02. The van der Waals surface area contributed by atoms with E-state index in [4.69, 9.17) is 0 Å². The van der Waals surface area contributed by atoms with Crippen molar-refractivity contribution in [3.8, 4) is 0 Å². The third-order valence-corrected chi connectivity index (χ3v) is 4.41. The van der Waals surface area contributed by atoms with Crippen LogP contribution in [0.1, 0.15) is 27.7 Å². The molecule has 0 saturated heterocycles. The first-order valence-electron chi connectivity index (χ1n) is 6.49. The van der Waals surface area contributed by atoms with Gasteiger partial charge in [0, 0.05) is 12.3 Å².